The van der Waals surface area contributed by atoms with Crippen molar-refractivity contribution >= 4 is 5.97 Å². The topological polar surface area (TPSA) is 86.2 Å². The van der Waals surface area contributed by atoms with E-state index in [9.17, 15) is 9.59 Å². The van der Waals surface area contributed by atoms with E-state index in [4.69, 9.17) is 9.47 Å². The van der Waals surface area contributed by atoms with Gasteiger partial charge >= 0.3 is 11.7 Å². The molecule has 0 bridgehead atoms. The van der Waals surface area contributed by atoms with Crippen molar-refractivity contribution in [3.63, 3.8) is 0 Å². The highest BCUT2D eigenvalue weighted by Crippen LogP contribution is 2.20. The minimum absolute atomic E-state index is 0.124. The zero-order chi connectivity index (χ0) is 20.6. The molecule has 0 radical (unpaired) electrons. The second-order valence-corrected chi connectivity index (χ2v) is 7.41. The lowest BCUT2D eigenvalue weighted by molar-refractivity contribution is -0.156. The Labute approximate surface area is 166 Å². The average Bonchev–Trinajstić information content (AvgIpc) is 3.02. The standard InChI is InChI=1S/C21H31N3O4/c1-5-6-7-15-24-18(22-23-20(24)26)10-8-9-16-11-13-17(14-12-16)28-21(2,3)19(25)27-4/h11-14H,5-10,15H2,1-4H3,(H,23,26). The number of aryl methyl sites for hydroxylation is 2. The van der Waals surface area contributed by atoms with Crippen LogP contribution in [-0.4, -0.2) is 33.4 Å². The Balaban J connectivity index is 1.87. The Morgan fingerprint density at radius 3 is 2.50 bits per heavy atom. The van der Waals surface area contributed by atoms with Crippen molar-refractivity contribution in [1.29, 1.82) is 0 Å². The second-order valence-electron chi connectivity index (χ2n) is 7.41. The van der Waals surface area contributed by atoms with Crippen molar-refractivity contribution < 1.29 is 14.3 Å². The molecule has 0 unspecified atom stereocenters. The molecule has 1 aromatic carbocycles. The number of H-pyrrole nitrogens is 1. The van der Waals surface area contributed by atoms with Crippen LogP contribution in [-0.2, 0) is 28.9 Å². The average molecular weight is 389 g/mol. The number of aromatic amines is 1. The number of hydrogen-bond donors (Lipinski definition) is 1. The molecule has 0 aliphatic carbocycles. The molecule has 28 heavy (non-hydrogen) atoms. The number of rotatable bonds is 11. The van der Waals surface area contributed by atoms with Crippen molar-refractivity contribution in [3.8, 4) is 5.75 Å². The number of methoxy groups -OCH3 is 1. The zero-order valence-corrected chi connectivity index (χ0v) is 17.3. The second kappa shape index (κ2) is 10.1. The van der Waals surface area contributed by atoms with Crippen LogP contribution in [0.4, 0.5) is 0 Å². The van der Waals surface area contributed by atoms with Crippen molar-refractivity contribution in [3.05, 3.63) is 46.1 Å². The number of aromatic nitrogens is 3. The van der Waals surface area contributed by atoms with E-state index in [0.717, 1.165) is 50.9 Å². The first kappa shape index (κ1) is 21.7. The van der Waals surface area contributed by atoms with Crippen molar-refractivity contribution in [1.82, 2.24) is 14.8 Å². The molecule has 1 N–H and O–H groups in total. The number of esters is 1. The molecule has 154 valence electrons. The molecule has 2 aromatic rings. The molecule has 7 heteroatoms. The first-order valence-corrected chi connectivity index (χ1v) is 9.88. The SMILES string of the molecule is CCCCCn1c(CCCc2ccc(OC(C)(C)C(=O)OC)cc2)n[nH]c1=O. The van der Waals surface area contributed by atoms with E-state index in [-0.39, 0.29) is 5.69 Å². The van der Waals surface area contributed by atoms with E-state index >= 15 is 0 Å². The van der Waals surface area contributed by atoms with Crippen LogP contribution in [0.25, 0.3) is 0 Å². The molecule has 1 aromatic heterocycles. The Hall–Kier alpha value is -2.57. The Morgan fingerprint density at radius 2 is 1.86 bits per heavy atom. The third kappa shape index (κ3) is 5.97. The lowest BCUT2D eigenvalue weighted by atomic mass is 10.1. The van der Waals surface area contributed by atoms with Crippen molar-refractivity contribution in [2.75, 3.05) is 7.11 Å². The number of nitrogens with zero attached hydrogens (tertiary/aromatic N) is 2. The number of benzene rings is 1. The minimum Gasteiger partial charge on any atom is -0.476 e. The summed E-state index contributed by atoms with van der Waals surface area (Å²) in [6.45, 7) is 6.22. The summed E-state index contributed by atoms with van der Waals surface area (Å²) in [5.41, 5.74) is 0.0111. The van der Waals surface area contributed by atoms with Crippen LogP contribution >= 0.6 is 0 Å². The van der Waals surface area contributed by atoms with Gasteiger partial charge in [0.25, 0.3) is 0 Å². The van der Waals surface area contributed by atoms with Gasteiger partial charge in [0.15, 0.2) is 5.60 Å². The van der Waals surface area contributed by atoms with Gasteiger partial charge in [-0.3, -0.25) is 4.57 Å². The van der Waals surface area contributed by atoms with Crippen LogP contribution in [0.5, 0.6) is 5.75 Å². The van der Waals surface area contributed by atoms with Crippen molar-refractivity contribution in [2.45, 2.75) is 71.4 Å². The summed E-state index contributed by atoms with van der Waals surface area (Å²) in [6, 6.07) is 7.69. The van der Waals surface area contributed by atoms with E-state index < -0.39 is 11.6 Å². The fourth-order valence-corrected chi connectivity index (χ4v) is 3.05. The smallest absolute Gasteiger partial charge is 0.349 e. The number of carbonyl (C=O) groups is 1. The number of carbonyl (C=O) groups excluding carboxylic acids is 1. The molecule has 0 aliphatic heterocycles. The summed E-state index contributed by atoms with van der Waals surface area (Å²) >= 11 is 0. The monoisotopic (exact) mass is 389 g/mol. The molecule has 1 heterocycles. The van der Waals surface area contributed by atoms with Gasteiger partial charge in [-0.2, -0.15) is 5.10 Å². The van der Waals surface area contributed by atoms with Gasteiger partial charge in [0, 0.05) is 13.0 Å². The van der Waals surface area contributed by atoms with Crippen molar-refractivity contribution in [2.24, 2.45) is 0 Å². The van der Waals surface area contributed by atoms with E-state index in [2.05, 4.69) is 17.1 Å². The van der Waals surface area contributed by atoms with E-state index in [1.807, 2.05) is 24.3 Å². The van der Waals surface area contributed by atoms with Crippen LogP contribution < -0.4 is 10.4 Å². The molecule has 0 fully saturated rings. The van der Waals surface area contributed by atoms with Crippen LogP contribution in [0.3, 0.4) is 0 Å². The van der Waals surface area contributed by atoms with Gasteiger partial charge in [-0.1, -0.05) is 31.9 Å². The minimum atomic E-state index is -1.03. The predicted octanol–water partition coefficient (Wildman–Crippen LogP) is 3.27. The van der Waals surface area contributed by atoms with Gasteiger partial charge in [-0.25, -0.2) is 14.7 Å². The number of nitrogens with one attached hydrogen (secondary N) is 1. The Bertz CT molecular complexity index is 806. The molecule has 7 nitrogen and oxygen atoms in total. The maximum Gasteiger partial charge on any atom is 0.349 e. The largest absolute Gasteiger partial charge is 0.476 e. The van der Waals surface area contributed by atoms with Gasteiger partial charge in [0.05, 0.1) is 7.11 Å². The van der Waals surface area contributed by atoms with Crippen LogP contribution in [0.1, 0.15) is 57.8 Å². The summed E-state index contributed by atoms with van der Waals surface area (Å²) in [5.74, 6) is 1.03. The van der Waals surface area contributed by atoms with Crippen LogP contribution in [0.2, 0.25) is 0 Å². The van der Waals surface area contributed by atoms with Gasteiger partial charge in [-0.15, -0.1) is 0 Å². The maximum absolute atomic E-state index is 11.9. The summed E-state index contributed by atoms with van der Waals surface area (Å²) in [7, 11) is 1.35. The molecule has 2 rings (SSSR count). The number of ether oxygens (including phenoxy) is 2. The van der Waals surface area contributed by atoms with E-state index in [1.54, 1.807) is 18.4 Å². The molecule has 0 saturated carbocycles. The molecular weight excluding hydrogens is 358 g/mol. The first-order valence-electron chi connectivity index (χ1n) is 9.88. The molecular formula is C21H31N3O4. The van der Waals surface area contributed by atoms with Gasteiger partial charge < -0.3 is 9.47 Å². The van der Waals surface area contributed by atoms with Gasteiger partial charge in [0.1, 0.15) is 11.6 Å². The highest BCUT2D eigenvalue weighted by molar-refractivity contribution is 5.78. The summed E-state index contributed by atoms with van der Waals surface area (Å²) < 4.78 is 12.2. The maximum atomic E-state index is 11.9. The number of hydrogen-bond acceptors (Lipinski definition) is 5. The first-order chi connectivity index (χ1) is 13.4. The normalized spacial score (nSPS) is 11.4. The fourth-order valence-electron chi connectivity index (χ4n) is 3.05. The summed E-state index contributed by atoms with van der Waals surface area (Å²) in [6.07, 6.45) is 5.74. The Morgan fingerprint density at radius 1 is 1.14 bits per heavy atom. The van der Waals surface area contributed by atoms with Gasteiger partial charge in [-0.05, 0) is 50.8 Å². The highest BCUT2D eigenvalue weighted by Gasteiger charge is 2.30. The predicted molar refractivity (Wildman–Crippen MR) is 108 cm³/mol. The molecule has 0 atom stereocenters. The number of unbranched alkanes of at least 4 members (excludes halogenated alkanes) is 2. The van der Waals surface area contributed by atoms with E-state index in [1.165, 1.54) is 12.7 Å². The quantitative estimate of drug-likeness (QED) is 0.471. The lowest BCUT2D eigenvalue weighted by Crippen LogP contribution is -2.39. The third-order valence-corrected chi connectivity index (χ3v) is 4.66. The molecule has 0 spiro atoms. The van der Waals surface area contributed by atoms with Crippen LogP contribution in [0, 0.1) is 0 Å². The van der Waals surface area contributed by atoms with Gasteiger partial charge in [0.2, 0.25) is 0 Å². The summed E-state index contributed by atoms with van der Waals surface area (Å²) in [4.78, 5) is 23.6. The molecule has 0 saturated heterocycles. The zero-order valence-electron chi connectivity index (χ0n) is 17.3. The Kier molecular flexibility index (Phi) is 7.84. The summed E-state index contributed by atoms with van der Waals surface area (Å²) in [5, 5.41) is 6.73. The van der Waals surface area contributed by atoms with Crippen LogP contribution in [0.15, 0.2) is 29.1 Å². The van der Waals surface area contributed by atoms with E-state index in [0.29, 0.717) is 5.75 Å². The molecule has 0 amide bonds. The fraction of sp³-hybridized carbons (Fsp3) is 0.571. The third-order valence-electron chi connectivity index (χ3n) is 4.66. The highest BCUT2D eigenvalue weighted by atomic mass is 16.6. The molecule has 0 aliphatic rings. The lowest BCUT2D eigenvalue weighted by Gasteiger charge is -2.23.